The Morgan fingerprint density at radius 3 is 2.11 bits per heavy atom. The van der Waals surface area contributed by atoms with Gasteiger partial charge in [-0.2, -0.15) is 26.3 Å². The Morgan fingerprint density at radius 1 is 0.972 bits per heavy atom. The van der Waals surface area contributed by atoms with Gasteiger partial charge in [0, 0.05) is 12.0 Å². The number of rotatable bonds is 6. The van der Waals surface area contributed by atoms with Crippen molar-refractivity contribution in [1.82, 2.24) is 10.6 Å². The molecular formula is C25H25F7N2O2. The molecule has 2 N–H and O–H groups in total. The molecule has 1 unspecified atom stereocenters. The van der Waals surface area contributed by atoms with Crippen LogP contribution in [0.25, 0.3) is 0 Å². The minimum absolute atomic E-state index is 0.0807. The highest BCUT2D eigenvalue weighted by molar-refractivity contribution is 5.84. The number of amides is 1. The minimum atomic E-state index is -4.95. The molecule has 2 aromatic rings. The quantitative estimate of drug-likeness (QED) is 0.503. The Morgan fingerprint density at radius 2 is 1.58 bits per heavy atom. The van der Waals surface area contributed by atoms with Crippen molar-refractivity contribution in [2.24, 2.45) is 5.92 Å². The van der Waals surface area contributed by atoms with E-state index in [0.29, 0.717) is 31.4 Å². The second-order valence-corrected chi connectivity index (χ2v) is 9.27. The Balaban J connectivity index is 1.59. The lowest BCUT2D eigenvalue weighted by Gasteiger charge is -2.29. The van der Waals surface area contributed by atoms with Crippen molar-refractivity contribution in [3.8, 4) is 0 Å². The van der Waals surface area contributed by atoms with E-state index in [9.17, 15) is 35.5 Å². The molecule has 4 nitrogen and oxygen atoms in total. The molecule has 36 heavy (non-hydrogen) atoms. The van der Waals surface area contributed by atoms with Crippen LogP contribution >= 0.6 is 0 Å². The third-order valence-electron chi connectivity index (χ3n) is 7.01. The van der Waals surface area contributed by atoms with Gasteiger partial charge < -0.3 is 15.4 Å². The normalized spacial score (nSPS) is 26.9. The van der Waals surface area contributed by atoms with Crippen molar-refractivity contribution in [3.05, 3.63) is 70.5 Å². The second-order valence-electron chi connectivity index (χ2n) is 9.27. The fraction of sp³-hybridized carbons (Fsp3) is 0.480. The summed E-state index contributed by atoms with van der Waals surface area (Å²) in [6.07, 6.45) is -8.83. The van der Waals surface area contributed by atoms with Crippen molar-refractivity contribution in [2.75, 3.05) is 7.05 Å². The van der Waals surface area contributed by atoms with E-state index >= 15 is 0 Å². The summed E-state index contributed by atoms with van der Waals surface area (Å²) < 4.78 is 98.9. The lowest BCUT2D eigenvalue weighted by Crippen LogP contribution is -2.37. The van der Waals surface area contributed by atoms with Crippen molar-refractivity contribution >= 4 is 5.91 Å². The van der Waals surface area contributed by atoms with Gasteiger partial charge in [0.1, 0.15) is 5.82 Å². The van der Waals surface area contributed by atoms with E-state index in [1.54, 1.807) is 19.2 Å². The summed E-state index contributed by atoms with van der Waals surface area (Å²) in [5.74, 6) is -1.03. The molecule has 1 aliphatic heterocycles. The molecule has 196 valence electrons. The van der Waals surface area contributed by atoms with Gasteiger partial charge in [0.05, 0.1) is 29.9 Å². The van der Waals surface area contributed by atoms with Crippen LogP contribution in [0, 0.1) is 11.7 Å². The average Bonchev–Trinajstić information content (AvgIpc) is 3.40. The van der Waals surface area contributed by atoms with E-state index < -0.39 is 42.0 Å². The van der Waals surface area contributed by atoms with E-state index in [2.05, 4.69) is 10.6 Å². The lowest BCUT2D eigenvalue weighted by molar-refractivity contribution is -0.143. The Kier molecular flexibility index (Phi) is 7.34. The van der Waals surface area contributed by atoms with Crippen molar-refractivity contribution in [3.63, 3.8) is 0 Å². The first-order valence-corrected chi connectivity index (χ1v) is 11.5. The SMILES string of the molecule is CN[C@@H]1CC([C@@H]2CC[C@H](OCc3cc(C(F)(F)F)cc(C(F)(F)F)c3)[C@H]2c2ccc(F)cc2)NC1=O. The number of alkyl halides is 6. The zero-order valence-corrected chi connectivity index (χ0v) is 19.2. The largest absolute Gasteiger partial charge is 0.416 e. The summed E-state index contributed by atoms with van der Waals surface area (Å²) in [5, 5.41) is 5.91. The number of hydrogen-bond donors (Lipinski definition) is 2. The van der Waals surface area contributed by atoms with Crippen LogP contribution in [0.4, 0.5) is 30.7 Å². The highest BCUT2D eigenvalue weighted by Crippen LogP contribution is 2.45. The maximum absolute atomic E-state index is 13.6. The molecule has 0 spiro atoms. The molecule has 11 heteroatoms. The predicted molar refractivity (Wildman–Crippen MR) is 116 cm³/mol. The zero-order valence-electron chi connectivity index (χ0n) is 19.2. The molecule has 1 saturated carbocycles. The predicted octanol–water partition coefficient (Wildman–Crippen LogP) is 5.42. The van der Waals surface area contributed by atoms with Gasteiger partial charge in [-0.05, 0) is 73.7 Å². The summed E-state index contributed by atoms with van der Waals surface area (Å²) in [4.78, 5) is 12.2. The molecule has 4 rings (SSSR count). The molecule has 0 radical (unpaired) electrons. The molecule has 2 aliphatic rings. The van der Waals surface area contributed by atoms with E-state index in [-0.39, 0.29) is 41.5 Å². The van der Waals surface area contributed by atoms with Crippen LogP contribution in [0.3, 0.4) is 0 Å². The summed E-state index contributed by atoms with van der Waals surface area (Å²) in [7, 11) is 1.68. The highest BCUT2D eigenvalue weighted by atomic mass is 19.4. The molecule has 1 saturated heterocycles. The topological polar surface area (TPSA) is 50.4 Å². The first kappa shape index (κ1) is 26.4. The minimum Gasteiger partial charge on any atom is -0.373 e. The second kappa shape index (κ2) is 10.0. The molecule has 0 aromatic heterocycles. The average molecular weight is 518 g/mol. The van der Waals surface area contributed by atoms with Gasteiger partial charge >= 0.3 is 12.4 Å². The number of likely N-dealkylation sites (N-methyl/N-ethyl adjacent to an activating group) is 1. The monoisotopic (exact) mass is 518 g/mol. The van der Waals surface area contributed by atoms with Crippen LogP contribution in [-0.4, -0.2) is 31.1 Å². The smallest absolute Gasteiger partial charge is 0.373 e. The van der Waals surface area contributed by atoms with Crippen LogP contribution in [0.2, 0.25) is 0 Å². The fourth-order valence-corrected chi connectivity index (χ4v) is 5.32. The third-order valence-corrected chi connectivity index (χ3v) is 7.01. The van der Waals surface area contributed by atoms with Crippen molar-refractivity contribution < 1.29 is 40.3 Å². The number of carbonyl (C=O) groups excluding carboxylic acids is 1. The number of carbonyl (C=O) groups is 1. The summed E-state index contributed by atoms with van der Waals surface area (Å²) >= 11 is 0. The van der Waals surface area contributed by atoms with Gasteiger partial charge in [-0.25, -0.2) is 4.39 Å². The van der Waals surface area contributed by atoms with Gasteiger partial charge in [0.25, 0.3) is 0 Å². The maximum Gasteiger partial charge on any atom is 0.416 e. The van der Waals surface area contributed by atoms with Gasteiger partial charge in [0.2, 0.25) is 5.91 Å². The molecule has 5 atom stereocenters. The van der Waals surface area contributed by atoms with E-state index in [1.807, 2.05) is 0 Å². The Hall–Kier alpha value is -2.66. The van der Waals surface area contributed by atoms with E-state index in [4.69, 9.17) is 4.74 Å². The fourth-order valence-electron chi connectivity index (χ4n) is 5.32. The van der Waals surface area contributed by atoms with E-state index in [1.165, 1.54) is 12.1 Å². The number of halogens is 7. The third kappa shape index (κ3) is 5.67. The molecular weight excluding hydrogens is 493 g/mol. The zero-order chi connectivity index (χ0) is 26.3. The van der Waals surface area contributed by atoms with Crippen LogP contribution < -0.4 is 10.6 Å². The van der Waals surface area contributed by atoms with Crippen LogP contribution in [0.15, 0.2) is 42.5 Å². The first-order valence-electron chi connectivity index (χ1n) is 11.5. The van der Waals surface area contributed by atoms with Gasteiger partial charge in [-0.1, -0.05) is 12.1 Å². The summed E-state index contributed by atoms with van der Waals surface area (Å²) in [6.45, 7) is -0.460. The van der Waals surface area contributed by atoms with Gasteiger partial charge in [0.15, 0.2) is 0 Å². The first-order chi connectivity index (χ1) is 16.9. The molecule has 2 aromatic carbocycles. The number of ether oxygens (including phenoxy) is 1. The maximum atomic E-state index is 13.6. The molecule has 2 fully saturated rings. The Labute approximate surface area is 203 Å². The van der Waals surface area contributed by atoms with Crippen LogP contribution in [0.1, 0.15) is 47.4 Å². The number of benzene rings is 2. The lowest BCUT2D eigenvalue weighted by atomic mass is 9.82. The summed E-state index contributed by atoms with van der Waals surface area (Å²) in [6, 6.07) is 6.57. The standard InChI is InChI=1S/C25H25F7N2O2/c1-33-20-11-19(34-23(20)35)18-6-7-21(22(18)14-2-4-17(26)5-3-14)36-12-13-8-15(24(27,28)29)10-16(9-13)25(30,31)32/h2-5,8-10,18-22,33H,6-7,11-12H2,1H3,(H,34,35)/t18-,19?,20+,21-,22-/m0/s1. The summed E-state index contributed by atoms with van der Waals surface area (Å²) in [5.41, 5.74) is -2.32. The molecule has 1 amide bonds. The van der Waals surface area contributed by atoms with Crippen LogP contribution in [0.5, 0.6) is 0 Å². The Bertz CT molecular complexity index is 1050. The number of nitrogens with one attached hydrogen (secondary N) is 2. The van der Waals surface area contributed by atoms with Gasteiger partial charge in [-0.15, -0.1) is 0 Å². The van der Waals surface area contributed by atoms with Gasteiger partial charge in [-0.3, -0.25) is 4.79 Å². The van der Waals surface area contributed by atoms with Crippen molar-refractivity contribution in [2.45, 2.75) is 62.3 Å². The van der Waals surface area contributed by atoms with Crippen LogP contribution in [-0.2, 0) is 28.5 Å². The van der Waals surface area contributed by atoms with Crippen molar-refractivity contribution in [1.29, 1.82) is 0 Å². The molecule has 1 heterocycles. The highest BCUT2D eigenvalue weighted by Gasteiger charge is 2.46. The number of hydrogen-bond acceptors (Lipinski definition) is 3. The molecule has 0 bridgehead atoms. The molecule has 1 aliphatic carbocycles. The van der Waals surface area contributed by atoms with E-state index in [0.717, 1.165) is 5.56 Å².